The highest BCUT2D eigenvalue weighted by Crippen LogP contribution is 2.30. The molecule has 2 saturated heterocycles. The van der Waals surface area contributed by atoms with Crippen LogP contribution in [0.5, 0.6) is 0 Å². The number of fused-ring (bicyclic) bond motifs is 1. The molecule has 2 fully saturated rings. The fourth-order valence-corrected chi connectivity index (χ4v) is 8.21. The van der Waals surface area contributed by atoms with Crippen molar-refractivity contribution in [1.29, 1.82) is 0 Å². The molecule has 43 heavy (non-hydrogen) atoms. The van der Waals surface area contributed by atoms with Gasteiger partial charge in [0.15, 0.2) is 0 Å². The van der Waals surface area contributed by atoms with Crippen molar-refractivity contribution in [2.45, 2.75) is 62.2 Å². The van der Waals surface area contributed by atoms with Gasteiger partial charge in [-0.3, -0.25) is 4.90 Å². The molecule has 0 spiro atoms. The van der Waals surface area contributed by atoms with Gasteiger partial charge in [-0.05, 0) is 106 Å². The lowest BCUT2D eigenvalue weighted by Crippen LogP contribution is -2.51. The average molecular weight is 606 g/mol. The van der Waals surface area contributed by atoms with Crippen LogP contribution in [0, 0.1) is 0 Å². The molecule has 1 atom stereocenters. The maximum absolute atomic E-state index is 14.0. The molecule has 0 aromatic heterocycles. The Morgan fingerprint density at radius 1 is 0.930 bits per heavy atom. The van der Waals surface area contributed by atoms with Crippen LogP contribution in [0.3, 0.4) is 0 Å². The van der Waals surface area contributed by atoms with E-state index in [2.05, 4.69) is 20.9 Å². The zero-order chi connectivity index (χ0) is 29.8. The van der Waals surface area contributed by atoms with Gasteiger partial charge in [0.2, 0.25) is 10.0 Å². The number of likely N-dealkylation sites (tertiary alicyclic amines) is 1. The van der Waals surface area contributed by atoms with Crippen LogP contribution in [0.15, 0.2) is 71.3 Å². The van der Waals surface area contributed by atoms with Crippen molar-refractivity contribution in [3.05, 3.63) is 77.5 Å². The third-order valence-corrected chi connectivity index (χ3v) is 10.9. The normalized spacial score (nSPS) is 21.7. The Morgan fingerprint density at radius 3 is 2.35 bits per heavy atom. The maximum atomic E-state index is 14.0. The molecule has 6 rings (SSSR count). The van der Waals surface area contributed by atoms with Crippen molar-refractivity contribution in [2.24, 2.45) is 5.73 Å². The molecule has 0 aliphatic carbocycles. The number of amides is 2. The third kappa shape index (κ3) is 6.66. The van der Waals surface area contributed by atoms with E-state index < -0.39 is 10.0 Å². The highest BCUT2D eigenvalue weighted by Gasteiger charge is 2.34. The molecule has 11 heteroatoms. The van der Waals surface area contributed by atoms with E-state index in [-0.39, 0.29) is 18.2 Å². The molecule has 230 valence electrons. The topological polar surface area (TPSA) is 123 Å². The minimum atomic E-state index is -3.65. The van der Waals surface area contributed by atoms with Crippen molar-refractivity contribution in [2.75, 3.05) is 44.2 Å². The molecule has 10 nitrogen and oxygen atoms in total. The van der Waals surface area contributed by atoms with E-state index in [0.717, 1.165) is 80.1 Å². The lowest BCUT2D eigenvalue weighted by atomic mass is 10.1. The van der Waals surface area contributed by atoms with E-state index in [0.29, 0.717) is 18.0 Å². The van der Waals surface area contributed by atoms with E-state index in [9.17, 15) is 13.2 Å². The zero-order valence-corrected chi connectivity index (χ0v) is 25.5. The number of nitrogens with zero attached hydrogens (tertiary/aromatic N) is 3. The summed E-state index contributed by atoms with van der Waals surface area (Å²) >= 11 is 0. The number of carbonyl (C=O) groups is 1. The van der Waals surface area contributed by atoms with E-state index in [1.165, 1.54) is 19.3 Å². The first-order valence-electron chi connectivity index (χ1n) is 15.6. The van der Waals surface area contributed by atoms with Crippen molar-refractivity contribution in [3.8, 4) is 0 Å². The summed E-state index contributed by atoms with van der Waals surface area (Å²) in [6.07, 6.45) is 9.75. The van der Waals surface area contributed by atoms with Gasteiger partial charge in [0.05, 0.1) is 10.6 Å². The molecule has 4 aliphatic rings. The van der Waals surface area contributed by atoms with Crippen LogP contribution in [0.4, 0.5) is 10.5 Å². The zero-order valence-electron chi connectivity index (χ0n) is 24.7. The van der Waals surface area contributed by atoms with Gasteiger partial charge in [0.1, 0.15) is 6.17 Å². The van der Waals surface area contributed by atoms with Crippen LogP contribution < -0.4 is 26.6 Å². The Labute approximate surface area is 255 Å². The monoisotopic (exact) mass is 605 g/mol. The summed E-state index contributed by atoms with van der Waals surface area (Å²) in [4.78, 5) is 17.2. The summed E-state index contributed by atoms with van der Waals surface area (Å²) in [5.41, 5.74) is 10.1. The molecule has 2 amide bonds. The predicted molar refractivity (Wildman–Crippen MR) is 169 cm³/mol. The van der Waals surface area contributed by atoms with Crippen LogP contribution in [0.2, 0.25) is 0 Å². The van der Waals surface area contributed by atoms with Crippen molar-refractivity contribution < 1.29 is 13.2 Å². The summed E-state index contributed by atoms with van der Waals surface area (Å²) in [6.45, 7) is 5.84. The first kappa shape index (κ1) is 29.8. The number of carbonyl (C=O) groups excluding carboxylic acids is 1. The molecule has 5 N–H and O–H groups in total. The maximum Gasteiger partial charge on any atom is 0.327 e. The minimum Gasteiger partial charge on any atom is -0.361 e. The molecule has 0 bridgehead atoms. The Hall–Kier alpha value is -3.22. The summed E-state index contributed by atoms with van der Waals surface area (Å²) < 4.78 is 29.7. The first-order chi connectivity index (χ1) is 20.9. The Morgan fingerprint density at radius 2 is 1.65 bits per heavy atom. The van der Waals surface area contributed by atoms with E-state index in [4.69, 9.17) is 5.73 Å². The molecule has 2 aromatic rings. The van der Waals surface area contributed by atoms with Gasteiger partial charge in [0.25, 0.3) is 0 Å². The van der Waals surface area contributed by atoms with Crippen LogP contribution >= 0.6 is 0 Å². The molecular weight excluding hydrogens is 562 g/mol. The third-order valence-electron chi connectivity index (χ3n) is 8.95. The lowest BCUT2D eigenvalue weighted by molar-refractivity contribution is 0.205. The second-order valence-electron chi connectivity index (χ2n) is 11.8. The van der Waals surface area contributed by atoms with E-state index in [1.54, 1.807) is 21.3 Å². The van der Waals surface area contributed by atoms with Gasteiger partial charge in [-0.25, -0.2) is 13.2 Å². The quantitative estimate of drug-likeness (QED) is 0.328. The lowest BCUT2D eigenvalue weighted by Gasteiger charge is -2.34. The number of nitrogens with one attached hydrogen (secondary N) is 3. The second kappa shape index (κ2) is 13.2. The summed E-state index contributed by atoms with van der Waals surface area (Å²) in [6, 6.07) is 14.5. The molecular formula is C32H43N7O3S. The number of benzene rings is 2. The van der Waals surface area contributed by atoms with Gasteiger partial charge in [0, 0.05) is 36.6 Å². The SMILES string of the molecule is NCc1ccc(N2C=C3C=C(c4ccc(S(=O)(=O)N(CCCN5CCCCC5)C5CCNCC5)cc4)NC3NC2=O)cc1. The summed E-state index contributed by atoms with van der Waals surface area (Å²) in [7, 11) is -3.65. The minimum absolute atomic E-state index is 0.0135. The van der Waals surface area contributed by atoms with E-state index >= 15 is 0 Å². The second-order valence-corrected chi connectivity index (χ2v) is 13.7. The number of sulfonamides is 1. The number of anilines is 1. The van der Waals surface area contributed by atoms with Crippen LogP contribution in [-0.2, 0) is 16.6 Å². The predicted octanol–water partition coefficient (Wildman–Crippen LogP) is 3.15. The summed E-state index contributed by atoms with van der Waals surface area (Å²) in [5.74, 6) is 0. The molecule has 4 aliphatic heterocycles. The van der Waals surface area contributed by atoms with Gasteiger partial charge in [-0.2, -0.15) is 4.31 Å². The highest BCUT2D eigenvalue weighted by molar-refractivity contribution is 7.89. The van der Waals surface area contributed by atoms with Crippen LogP contribution in [-0.4, -0.2) is 75.1 Å². The van der Waals surface area contributed by atoms with Crippen molar-refractivity contribution >= 4 is 27.4 Å². The number of urea groups is 1. The molecule has 2 aromatic carbocycles. The first-order valence-corrected chi connectivity index (χ1v) is 17.0. The van der Waals surface area contributed by atoms with Gasteiger partial charge in [-0.1, -0.05) is 30.7 Å². The standard InChI is InChI=1S/C32H43N7O3S/c33-22-24-5-9-27(10-6-24)38-23-26-21-30(35-31(26)36-32(38)40)25-7-11-29(12-8-25)43(41,42)39(28-13-15-34-16-14-28)20-4-19-37-17-2-1-3-18-37/h5-12,21,23,28,31,34-35H,1-4,13-20,22,33H2,(H,36,40). The fourth-order valence-electron chi connectivity index (χ4n) is 6.48. The number of rotatable bonds is 10. The van der Waals surface area contributed by atoms with E-state index in [1.807, 2.05) is 48.7 Å². The van der Waals surface area contributed by atoms with Gasteiger partial charge in [-0.15, -0.1) is 0 Å². The number of piperidine rings is 2. The van der Waals surface area contributed by atoms with Gasteiger partial charge < -0.3 is 26.6 Å². The summed E-state index contributed by atoms with van der Waals surface area (Å²) in [5, 5.41) is 9.74. The van der Waals surface area contributed by atoms with Crippen LogP contribution in [0.1, 0.15) is 49.7 Å². The van der Waals surface area contributed by atoms with Crippen LogP contribution in [0.25, 0.3) is 5.70 Å². The average Bonchev–Trinajstić information content (AvgIpc) is 3.46. The largest absolute Gasteiger partial charge is 0.361 e. The number of hydrogen-bond donors (Lipinski definition) is 4. The smallest absolute Gasteiger partial charge is 0.327 e. The highest BCUT2D eigenvalue weighted by atomic mass is 32.2. The van der Waals surface area contributed by atoms with Crippen molar-refractivity contribution in [3.63, 3.8) is 0 Å². The molecule has 1 unspecified atom stereocenters. The Balaban J connectivity index is 1.17. The Kier molecular flexibility index (Phi) is 9.15. The molecule has 0 radical (unpaired) electrons. The van der Waals surface area contributed by atoms with Crippen molar-refractivity contribution in [1.82, 2.24) is 25.2 Å². The Bertz CT molecular complexity index is 1440. The molecule has 0 saturated carbocycles. The fraction of sp³-hybridized carbons (Fsp3) is 0.469. The molecule has 4 heterocycles. The number of nitrogens with two attached hydrogens (primary N) is 1. The number of hydrogen-bond acceptors (Lipinski definition) is 7. The van der Waals surface area contributed by atoms with Gasteiger partial charge >= 0.3 is 6.03 Å².